The largest absolute Gasteiger partial charge is 0.329 e. The van der Waals surface area contributed by atoms with Gasteiger partial charge in [-0.1, -0.05) is 36.4 Å². The highest BCUT2D eigenvalue weighted by molar-refractivity contribution is 5.83. The van der Waals surface area contributed by atoms with Crippen LogP contribution in [0.15, 0.2) is 53.5 Å². The molecule has 26 heavy (non-hydrogen) atoms. The van der Waals surface area contributed by atoms with E-state index in [0.717, 1.165) is 5.56 Å². The van der Waals surface area contributed by atoms with E-state index >= 15 is 0 Å². The fraction of sp³-hybridized carbons (Fsp3) is 0.211. The van der Waals surface area contributed by atoms with E-state index in [1.165, 1.54) is 17.0 Å². The summed E-state index contributed by atoms with van der Waals surface area (Å²) in [6, 6.07) is 14.5. The van der Waals surface area contributed by atoms with Gasteiger partial charge in [-0.3, -0.25) is 9.48 Å². The maximum atomic E-state index is 12.1. The molecule has 0 aliphatic carbocycles. The number of hydrogen-bond acceptors (Lipinski definition) is 5. The fourth-order valence-corrected chi connectivity index (χ4v) is 3.14. The highest BCUT2D eigenvalue weighted by Gasteiger charge is 2.12. The van der Waals surface area contributed by atoms with Crippen molar-refractivity contribution in [3.63, 3.8) is 0 Å². The minimum atomic E-state index is -0.185. The van der Waals surface area contributed by atoms with Gasteiger partial charge in [0.25, 0.3) is 5.56 Å². The number of H-pyrrole nitrogens is 1. The Bertz CT molecular complexity index is 1130. The Morgan fingerprint density at radius 2 is 2.04 bits per heavy atom. The van der Waals surface area contributed by atoms with Gasteiger partial charge in [0, 0.05) is 19.6 Å². The first-order valence-corrected chi connectivity index (χ1v) is 8.49. The molecule has 0 radical (unpaired) electrons. The molecule has 4 aromatic rings. The van der Waals surface area contributed by atoms with Crippen LogP contribution < -0.4 is 16.6 Å². The van der Waals surface area contributed by atoms with E-state index in [1.54, 1.807) is 11.7 Å². The third-order valence-corrected chi connectivity index (χ3v) is 4.58. The average molecular weight is 348 g/mol. The molecule has 0 saturated carbocycles. The molecule has 0 fully saturated rings. The summed E-state index contributed by atoms with van der Waals surface area (Å²) in [7, 11) is 1.77. The van der Waals surface area contributed by atoms with E-state index in [-0.39, 0.29) is 11.6 Å². The maximum absolute atomic E-state index is 12.1. The average Bonchev–Trinajstić information content (AvgIpc) is 3.04. The highest BCUT2D eigenvalue weighted by atomic mass is 16.1. The first-order chi connectivity index (χ1) is 12.7. The standard InChI is InChI=1S/C19H20N6O/c1-25-18-15(10-22-25)19(26)24-17(23-18)11-21-16(9-20)14-7-6-12-4-2-3-5-13(12)8-14/h2-8,10,16,21H,9,11,20H2,1H3,(H,23,24,26). The van der Waals surface area contributed by atoms with Gasteiger partial charge in [0.05, 0.1) is 12.7 Å². The molecule has 1 atom stereocenters. The van der Waals surface area contributed by atoms with Crippen molar-refractivity contribution in [1.29, 1.82) is 0 Å². The van der Waals surface area contributed by atoms with Crippen LogP contribution in [0, 0.1) is 0 Å². The second kappa shape index (κ2) is 6.70. The number of benzene rings is 2. The van der Waals surface area contributed by atoms with Crippen LogP contribution in [0.1, 0.15) is 17.4 Å². The summed E-state index contributed by atoms with van der Waals surface area (Å²) in [5.41, 5.74) is 7.46. The van der Waals surface area contributed by atoms with Crippen LogP contribution >= 0.6 is 0 Å². The normalized spacial score (nSPS) is 12.7. The Kier molecular flexibility index (Phi) is 4.24. The number of nitrogens with zero attached hydrogens (tertiary/aromatic N) is 3. The number of aromatic amines is 1. The number of rotatable bonds is 5. The molecule has 4 rings (SSSR count). The Morgan fingerprint density at radius 3 is 2.85 bits per heavy atom. The first kappa shape index (κ1) is 16.4. The molecular weight excluding hydrogens is 328 g/mol. The first-order valence-electron chi connectivity index (χ1n) is 8.49. The number of aryl methyl sites for hydroxylation is 1. The molecule has 7 nitrogen and oxygen atoms in total. The van der Waals surface area contributed by atoms with Crippen molar-refractivity contribution in [1.82, 2.24) is 25.1 Å². The molecule has 0 bridgehead atoms. The van der Waals surface area contributed by atoms with Crippen LogP contribution in [0.25, 0.3) is 21.8 Å². The molecule has 2 aromatic heterocycles. The predicted molar refractivity (Wildman–Crippen MR) is 102 cm³/mol. The van der Waals surface area contributed by atoms with Crippen molar-refractivity contribution < 1.29 is 0 Å². The molecule has 132 valence electrons. The Hall–Kier alpha value is -3.03. The van der Waals surface area contributed by atoms with Crippen molar-refractivity contribution in [3.8, 4) is 0 Å². The fourth-order valence-electron chi connectivity index (χ4n) is 3.14. The van der Waals surface area contributed by atoms with Gasteiger partial charge in [-0.2, -0.15) is 5.10 Å². The number of aromatic nitrogens is 4. The molecule has 0 aliphatic rings. The van der Waals surface area contributed by atoms with Crippen LogP contribution in [-0.4, -0.2) is 26.3 Å². The third-order valence-electron chi connectivity index (χ3n) is 4.58. The van der Waals surface area contributed by atoms with E-state index in [9.17, 15) is 4.79 Å². The molecule has 1 unspecified atom stereocenters. The lowest BCUT2D eigenvalue weighted by Crippen LogP contribution is -2.29. The molecule has 2 aromatic carbocycles. The van der Waals surface area contributed by atoms with Crippen LogP contribution in [0.3, 0.4) is 0 Å². The van der Waals surface area contributed by atoms with Crippen molar-refractivity contribution >= 4 is 21.8 Å². The quantitative estimate of drug-likeness (QED) is 0.508. The van der Waals surface area contributed by atoms with Crippen molar-refractivity contribution in [2.75, 3.05) is 6.54 Å². The minimum Gasteiger partial charge on any atom is -0.329 e. The van der Waals surface area contributed by atoms with Gasteiger partial charge < -0.3 is 16.0 Å². The van der Waals surface area contributed by atoms with Crippen molar-refractivity contribution in [3.05, 3.63) is 70.4 Å². The molecule has 0 aliphatic heterocycles. The Labute approximate surface area is 149 Å². The van der Waals surface area contributed by atoms with Gasteiger partial charge in [-0.05, 0) is 22.4 Å². The Morgan fingerprint density at radius 1 is 1.23 bits per heavy atom. The molecule has 4 N–H and O–H groups in total. The summed E-state index contributed by atoms with van der Waals surface area (Å²) < 4.78 is 1.60. The minimum absolute atomic E-state index is 0.0351. The summed E-state index contributed by atoms with van der Waals surface area (Å²) >= 11 is 0. The SMILES string of the molecule is Cn1ncc2c(=O)[nH]c(CNC(CN)c3ccc4ccccc4c3)nc21. The zero-order chi connectivity index (χ0) is 18.1. The molecule has 7 heteroatoms. The van der Waals surface area contributed by atoms with Crippen molar-refractivity contribution in [2.24, 2.45) is 12.8 Å². The summed E-state index contributed by atoms with van der Waals surface area (Å²) in [4.78, 5) is 19.4. The van der Waals surface area contributed by atoms with Gasteiger partial charge in [-0.25, -0.2) is 4.98 Å². The number of nitrogens with one attached hydrogen (secondary N) is 2. The van der Waals surface area contributed by atoms with Gasteiger partial charge >= 0.3 is 0 Å². The Balaban J connectivity index is 1.58. The highest BCUT2D eigenvalue weighted by Crippen LogP contribution is 2.20. The third kappa shape index (κ3) is 2.98. The maximum Gasteiger partial charge on any atom is 0.262 e. The van der Waals surface area contributed by atoms with E-state index < -0.39 is 0 Å². The van der Waals surface area contributed by atoms with E-state index in [0.29, 0.717) is 29.9 Å². The number of hydrogen-bond donors (Lipinski definition) is 3. The summed E-state index contributed by atoms with van der Waals surface area (Å²) in [6.07, 6.45) is 1.52. The molecule has 0 saturated heterocycles. The van der Waals surface area contributed by atoms with Gasteiger partial charge in [0.1, 0.15) is 11.2 Å². The summed E-state index contributed by atoms with van der Waals surface area (Å²) in [5.74, 6) is 0.560. The van der Waals surface area contributed by atoms with Crippen LogP contribution in [0.5, 0.6) is 0 Å². The molecular formula is C19H20N6O. The van der Waals surface area contributed by atoms with E-state index in [4.69, 9.17) is 5.73 Å². The number of fused-ring (bicyclic) bond motifs is 2. The smallest absolute Gasteiger partial charge is 0.262 e. The lowest BCUT2D eigenvalue weighted by Gasteiger charge is -2.17. The van der Waals surface area contributed by atoms with Crippen LogP contribution in [0.4, 0.5) is 0 Å². The molecule has 0 spiro atoms. The zero-order valence-electron chi connectivity index (χ0n) is 14.4. The van der Waals surface area contributed by atoms with Gasteiger partial charge in [0.15, 0.2) is 5.65 Å². The monoisotopic (exact) mass is 348 g/mol. The summed E-state index contributed by atoms with van der Waals surface area (Å²) in [6.45, 7) is 0.849. The van der Waals surface area contributed by atoms with Crippen LogP contribution in [0.2, 0.25) is 0 Å². The van der Waals surface area contributed by atoms with Gasteiger partial charge in [0.2, 0.25) is 0 Å². The zero-order valence-corrected chi connectivity index (χ0v) is 14.4. The lowest BCUT2D eigenvalue weighted by molar-refractivity contribution is 0.530. The lowest BCUT2D eigenvalue weighted by atomic mass is 10.0. The number of nitrogens with two attached hydrogens (primary N) is 1. The van der Waals surface area contributed by atoms with E-state index in [2.05, 4.69) is 50.7 Å². The van der Waals surface area contributed by atoms with E-state index in [1.807, 2.05) is 12.1 Å². The summed E-state index contributed by atoms with van der Waals surface area (Å²) in [5, 5.41) is 10.3. The topological polar surface area (TPSA) is 102 Å². The predicted octanol–water partition coefficient (Wildman–Crippen LogP) is 1.60. The van der Waals surface area contributed by atoms with Crippen molar-refractivity contribution in [2.45, 2.75) is 12.6 Å². The van der Waals surface area contributed by atoms with Gasteiger partial charge in [-0.15, -0.1) is 0 Å². The molecule has 0 amide bonds. The second-order valence-corrected chi connectivity index (χ2v) is 6.29. The molecule has 2 heterocycles. The second-order valence-electron chi connectivity index (χ2n) is 6.29. The van der Waals surface area contributed by atoms with Crippen LogP contribution in [-0.2, 0) is 13.6 Å².